The number of amides is 1. The van der Waals surface area contributed by atoms with Crippen LogP contribution in [-0.4, -0.2) is 29.9 Å². The summed E-state index contributed by atoms with van der Waals surface area (Å²) in [5.41, 5.74) is 1.07. The summed E-state index contributed by atoms with van der Waals surface area (Å²) in [5, 5.41) is 3.00. The van der Waals surface area contributed by atoms with Crippen LogP contribution in [0, 0.1) is 5.92 Å². The Hall–Kier alpha value is -1.46. The van der Waals surface area contributed by atoms with Crippen LogP contribution in [0.4, 0.5) is 0 Å². The Morgan fingerprint density at radius 3 is 2.55 bits per heavy atom. The number of carbonyl (C=O) groups excluding carboxylic acids is 1. The predicted octanol–water partition coefficient (Wildman–Crippen LogP) is 1.63. The molecule has 108 valence electrons. The Labute approximate surface area is 118 Å². The van der Waals surface area contributed by atoms with Gasteiger partial charge in [-0.2, -0.15) is 0 Å². The number of aromatic nitrogens is 1. The van der Waals surface area contributed by atoms with Crippen LogP contribution in [0.1, 0.15) is 31.2 Å². The van der Waals surface area contributed by atoms with Crippen molar-refractivity contribution < 1.29 is 14.3 Å². The molecule has 0 unspecified atom stereocenters. The van der Waals surface area contributed by atoms with E-state index in [4.69, 9.17) is 9.47 Å². The van der Waals surface area contributed by atoms with Crippen molar-refractivity contribution in [3.63, 3.8) is 0 Å². The summed E-state index contributed by atoms with van der Waals surface area (Å²) in [4.78, 5) is 16.1. The Bertz CT molecular complexity index is 447. The van der Waals surface area contributed by atoms with Gasteiger partial charge in [-0.3, -0.25) is 9.78 Å². The first kappa shape index (κ1) is 13.5. The quantitative estimate of drug-likeness (QED) is 0.911. The van der Waals surface area contributed by atoms with E-state index in [0.717, 1.165) is 31.2 Å². The van der Waals surface area contributed by atoms with E-state index in [1.54, 1.807) is 12.4 Å². The van der Waals surface area contributed by atoms with Gasteiger partial charge in [-0.15, -0.1) is 0 Å². The van der Waals surface area contributed by atoms with Crippen molar-refractivity contribution in [3.05, 3.63) is 30.1 Å². The molecule has 0 radical (unpaired) electrons. The number of ether oxygens (including phenoxy) is 2. The van der Waals surface area contributed by atoms with Crippen molar-refractivity contribution in [3.8, 4) is 0 Å². The molecular weight excluding hydrogens is 256 g/mol. The molecule has 2 aliphatic rings. The maximum absolute atomic E-state index is 12.2. The van der Waals surface area contributed by atoms with Crippen LogP contribution in [0.2, 0.25) is 0 Å². The van der Waals surface area contributed by atoms with Crippen LogP contribution in [-0.2, 0) is 20.8 Å². The summed E-state index contributed by atoms with van der Waals surface area (Å²) in [5.74, 6) is -0.174. The van der Waals surface area contributed by atoms with Crippen molar-refractivity contribution in [1.29, 1.82) is 0 Å². The molecule has 20 heavy (non-hydrogen) atoms. The van der Waals surface area contributed by atoms with Gasteiger partial charge in [0.1, 0.15) is 0 Å². The molecule has 1 aliphatic heterocycles. The van der Waals surface area contributed by atoms with E-state index in [1.807, 2.05) is 12.1 Å². The maximum Gasteiger partial charge on any atom is 0.223 e. The highest BCUT2D eigenvalue weighted by Crippen LogP contribution is 2.38. The lowest BCUT2D eigenvalue weighted by atomic mass is 9.84. The van der Waals surface area contributed by atoms with Gasteiger partial charge in [0.25, 0.3) is 0 Å². The van der Waals surface area contributed by atoms with Gasteiger partial charge in [-0.1, -0.05) is 0 Å². The topological polar surface area (TPSA) is 60.5 Å². The molecule has 1 spiro atoms. The number of hydrogen-bond donors (Lipinski definition) is 1. The first-order valence-electron chi connectivity index (χ1n) is 7.22. The van der Waals surface area contributed by atoms with E-state index in [2.05, 4.69) is 10.3 Å². The molecule has 1 aromatic rings. The molecule has 2 heterocycles. The third-order valence-electron chi connectivity index (χ3n) is 4.15. The Morgan fingerprint density at radius 1 is 1.25 bits per heavy atom. The zero-order valence-electron chi connectivity index (χ0n) is 11.5. The van der Waals surface area contributed by atoms with Crippen LogP contribution in [0.3, 0.4) is 0 Å². The Morgan fingerprint density at radius 2 is 1.90 bits per heavy atom. The van der Waals surface area contributed by atoms with Crippen LogP contribution >= 0.6 is 0 Å². The number of carbonyl (C=O) groups is 1. The monoisotopic (exact) mass is 276 g/mol. The highest BCUT2D eigenvalue weighted by Gasteiger charge is 2.41. The van der Waals surface area contributed by atoms with Gasteiger partial charge in [-0.05, 0) is 30.5 Å². The van der Waals surface area contributed by atoms with Crippen molar-refractivity contribution in [2.24, 2.45) is 5.92 Å². The number of hydrogen-bond acceptors (Lipinski definition) is 4. The highest BCUT2D eigenvalue weighted by molar-refractivity contribution is 5.78. The van der Waals surface area contributed by atoms with Crippen molar-refractivity contribution in [2.45, 2.75) is 38.0 Å². The van der Waals surface area contributed by atoms with Crippen LogP contribution in [0.5, 0.6) is 0 Å². The molecule has 1 saturated heterocycles. The van der Waals surface area contributed by atoms with Gasteiger partial charge in [0.05, 0.1) is 13.2 Å². The summed E-state index contributed by atoms with van der Waals surface area (Å²) >= 11 is 0. The van der Waals surface area contributed by atoms with E-state index >= 15 is 0 Å². The number of rotatable bonds is 3. The normalized spacial score (nSPS) is 22.0. The Balaban J connectivity index is 1.47. The van der Waals surface area contributed by atoms with E-state index in [-0.39, 0.29) is 17.6 Å². The summed E-state index contributed by atoms with van der Waals surface area (Å²) in [7, 11) is 0. The fourth-order valence-electron chi connectivity index (χ4n) is 2.94. The fourth-order valence-corrected chi connectivity index (χ4v) is 2.94. The zero-order valence-corrected chi connectivity index (χ0v) is 11.5. The van der Waals surface area contributed by atoms with Gasteiger partial charge < -0.3 is 14.8 Å². The zero-order chi connectivity index (χ0) is 13.8. The molecule has 5 heteroatoms. The van der Waals surface area contributed by atoms with Gasteiger partial charge >= 0.3 is 0 Å². The fraction of sp³-hybridized carbons (Fsp3) is 0.600. The first-order chi connectivity index (χ1) is 9.77. The smallest absolute Gasteiger partial charge is 0.223 e. The van der Waals surface area contributed by atoms with Crippen molar-refractivity contribution >= 4 is 5.91 Å². The molecule has 2 fully saturated rings. The second-order valence-corrected chi connectivity index (χ2v) is 5.46. The largest absolute Gasteiger partial charge is 0.352 e. The van der Waals surface area contributed by atoms with E-state index < -0.39 is 0 Å². The average molecular weight is 276 g/mol. The molecule has 5 nitrogen and oxygen atoms in total. The van der Waals surface area contributed by atoms with E-state index in [0.29, 0.717) is 19.8 Å². The molecule has 0 atom stereocenters. The lowest BCUT2D eigenvalue weighted by Gasteiger charge is -2.34. The van der Waals surface area contributed by atoms with Gasteiger partial charge in [0.2, 0.25) is 5.91 Å². The molecular formula is C15H20N2O3. The molecule has 1 aromatic heterocycles. The molecule has 0 bridgehead atoms. The minimum atomic E-state index is -0.387. The standard InChI is InChI=1S/C15H20N2O3/c18-14(17-11-12-3-7-16-8-4-12)13-1-5-15(6-2-13)19-9-10-20-15/h3-4,7-8,13H,1-2,5-6,9-11H2,(H,17,18). The van der Waals surface area contributed by atoms with Crippen LogP contribution in [0.25, 0.3) is 0 Å². The Kier molecular flexibility index (Phi) is 3.98. The molecule has 1 saturated carbocycles. The van der Waals surface area contributed by atoms with Gasteiger partial charge in [-0.25, -0.2) is 0 Å². The van der Waals surface area contributed by atoms with Crippen molar-refractivity contribution in [1.82, 2.24) is 10.3 Å². The number of nitrogens with zero attached hydrogens (tertiary/aromatic N) is 1. The SMILES string of the molecule is O=C(NCc1ccncc1)C1CCC2(CC1)OCCO2. The third kappa shape index (κ3) is 2.99. The van der Waals surface area contributed by atoms with Crippen LogP contribution < -0.4 is 5.32 Å². The lowest BCUT2D eigenvalue weighted by molar-refractivity contribution is -0.183. The van der Waals surface area contributed by atoms with Gasteiger partial charge in [0.15, 0.2) is 5.79 Å². The summed E-state index contributed by atoms with van der Waals surface area (Å²) < 4.78 is 11.4. The minimum absolute atomic E-state index is 0.0789. The number of pyridine rings is 1. The van der Waals surface area contributed by atoms with Gasteiger partial charge in [0, 0.05) is 37.7 Å². The second-order valence-electron chi connectivity index (χ2n) is 5.46. The van der Waals surface area contributed by atoms with Crippen LogP contribution in [0.15, 0.2) is 24.5 Å². The van der Waals surface area contributed by atoms with E-state index in [1.165, 1.54) is 0 Å². The minimum Gasteiger partial charge on any atom is -0.352 e. The summed E-state index contributed by atoms with van der Waals surface area (Å²) in [6.45, 7) is 1.92. The average Bonchev–Trinajstić information content (AvgIpc) is 2.95. The molecule has 1 N–H and O–H groups in total. The molecule has 3 rings (SSSR count). The molecule has 0 aromatic carbocycles. The predicted molar refractivity (Wildman–Crippen MR) is 72.7 cm³/mol. The van der Waals surface area contributed by atoms with E-state index in [9.17, 15) is 4.79 Å². The molecule has 1 aliphatic carbocycles. The lowest BCUT2D eigenvalue weighted by Crippen LogP contribution is -2.40. The summed E-state index contributed by atoms with van der Waals surface area (Å²) in [6.07, 6.45) is 6.78. The maximum atomic E-state index is 12.2. The second kappa shape index (κ2) is 5.89. The summed E-state index contributed by atoms with van der Waals surface area (Å²) in [6, 6.07) is 3.83. The highest BCUT2D eigenvalue weighted by atomic mass is 16.7. The first-order valence-corrected chi connectivity index (χ1v) is 7.22. The van der Waals surface area contributed by atoms with Crippen molar-refractivity contribution in [2.75, 3.05) is 13.2 Å². The number of nitrogens with one attached hydrogen (secondary N) is 1. The third-order valence-corrected chi connectivity index (χ3v) is 4.15. The molecule has 1 amide bonds.